The Morgan fingerprint density at radius 2 is 1.59 bits per heavy atom. The lowest BCUT2D eigenvalue weighted by Crippen LogP contribution is -2.34. The number of ether oxygens (including phenoxy) is 1. The van der Waals surface area contributed by atoms with Crippen molar-refractivity contribution in [3.63, 3.8) is 0 Å². The van der Waals surface area contributed by atoms with E-state index in [1.807, 2.05) is 32.9 Å². The van der Waals surface area contributed by atoms with Gasteiger partial charge < -0.3 is 15.4 Å². The summed E-state index contributed by atoms with van der Waals surface area (Å²) in [6, 6.07) is 8.04. The molecule has 2 aromatic rings. The quantitative estimate of drug-likeness (QED) is 0.597. The Balaban J connectivity index is 2.20. The van der Waals surface area contributed by atoms with Gasteiger partial charge in [0.15, 0.2) is 0 Å². The van der Waals surface area contributed by atoms with Crippen molar-refractivity contribution in [1.82, 2.24) is 9.62 Å². The summed E-state index contributed by atoms with van der Waals surface area (Å²) in [7, 11) is -2.36. The molecule has 2 rings (SSSR count). The molecule has 0 atom stereocenters. The van der Waals surface area contributed by atoms with Crippen LogP contribution in [0.4, 0.5) is 5.69 Å². The first-order valence-corrected chi connectivity index (χ1v) is 11.8. The maximum Gasteiger partial charge on any atom is 0.255 e. The number of sulfonamides is 1. The van der Waals surface area contributed by atoms with Crippen LogP contribution < -0.4 is 15.4 Å². The van der Waals surface area contributed by atoms with Gasteiger partial charge in [-0.25, -0.2) is 8.42 Å². The standard InChI is InChI=1S/C23H31N3O5S/c1-7-26(8-2)32(29,30)18-9-10-20(31-6)19(13-18)23(28)24-14-21(27)25-22-16(4)11-15(3)12-17(22)5/h9-13H,7-8,14H2,1-6H3,(H,24,28)(H,25,27). The van der Waals surface area contributed by atoms with E-state index in [2.05, 4.69) is 10.6 Å². The van der Waals surface area contributed by atoms with Crippen LogP contribution in [0.1, 0.15) is 40.9 Å². The summed E-state index contributed by atoms with van der Waals surface area (Å²) in [4.78, 5) is 25.2. The SMILES string of the molecule is CCN(CC)S(=O)(=O)c1ccc(OC)c(C(=O)NCC(=O)Nc2c(C)cc(C)cc2C)c1. The van der Waals surface area contributed by atoms with Gasteiger partial charge in [-0.15, -0.1) is 0 Å². The number of nitrogens with zero attached hydrogens (tertiary/aromatic N) is 1. The Morgan fingerprint density at radius 3 is 2.12 bits per heavy atom. The minimum atomic E-state index is -3.75. The first kappa shape index (κ1) is 25.4. The number of hydrogen-bond donors (Lipinski definition) is 2. The van der Waals surface area contributed by atoms with Gasteiger partial charge in [-0.05, 0) is 50.1 Å². The highest BCUT2D eigenvalue weighted by molar-refractivity contribution is 7.89. The summed E-state index contributed by atoms with van der Waals surface area (Å²) >= 11 is 0. The molecule has 0 spiro atoms. The third kappa shape index (κ3) is 5.66. The highest BCUT2D eigenvalue weighted by Gasteiger charge is 2.24. The maximum atomic E-state index is 12.8. The summed E-state index contributed by atoms with van der Waals surface area (Å²) in [6.07, 6.45) is 0. The highest BCUT2D eigenvalue weighted by atomic mass is 32.2. The molecule has 0 heterocycles. The first-order valence-electron chi connectivity index (χ1n) is 10.4. The van der Waals surface area contributed by atoms with Crippen molar-refractivity contribution in [2.75, 3.05) is 32.1 Å². The zero-order valence-electron chi connectivity index (χ0n) is 19.4. The molecule has 9 heteroatoms. The van der Waals surface area contributed by atoms with E-state index in [1.165, 1.54) is 29.6 Å². The van der Waals surface area contributed by atoms with Crippen molar-refractivity contribution in [3.8, 4) is 5.75 Å². The van der Waals surface area contributed by atoms with E-state index >= 15 is 0 Å². The second-order valence-electron chi connectivity index (χ2n) is 7.46. The minimum Gasteiger partial charge on any atom is -0.496 e. The molecule has 174 valence electrons. The largest absolute Gasteiger partial charge is 0.496 e. The van der Waals surface area contributed by atoms with Crippen LogP contribution in [-0.2, 0) is 14.8 Å². The van der Waals surface area contributed by atoms with Crippen molar-refractivity contribution < 1.29 is 22.7 Å². The lowest BCUT2D eigenvalue weighted by atomic mass is 10.1. The molecule has 2 aromatic carbocycles. The molecule has 32 heavy (non-hydrogen) atoms. The monoisotopic (exact) mass is 461 g/mol. The maximum absolute atomic E-state index is 12.8. The highest BCUT2D eigenvalue weighted by Crippen LogP contribution is 2.25. The van der Waals surface area contributed by atoms with Crippen LogP contribution in [0.25, 0.3) is 0 Å². The molecule has 0 aromatic heterocycles. The number of hydrogen-bond acceptors (Lipinski definition) is 5. The number of carbonyl (C=O) groups is 2. The lowest BCUT2D eigenvalue weighted by Gasteiger charge is -2.19. The van der Waals surface area contributed by atoms with Crippen LogP contribution in [0.2, 0.25) is 0 Å². The summed E-state index contributed by atoms with van der Waals surface area (Å²) in [6.45, 7) is 9.62. The second-order valence-corrected chi connectivity index (χ2v) is 9.39. The number of aryl methyl sites for hydroxylation is 3. The van der Waals surface area contributed by atoms with E-state index in [0.29, 0.717) is 18.8 Å². The van der Waals surface area contributed by atoms with Crippen LogP contribution in [0, 0.1) is 20.8 Å². The van der Waals surface area contributed by atoms with Crippen LogP contribution >= 0.6 is 0 Å². The van der Waals surface area contributed by atoms with E-state index < -0.39 is 15.9 Å². The van der Waals surface area contributed by atoms with E-state index in [9.17, 15) is 18.0 Å². The van der Waals surface area contributed by atoms with Crippen LogP contribution in [-0.4, -0.2) is 51.3 Å². The molecule has 0 aliphatic carbocycles. The zero-order chi connectivity index (χ0) is 24.1. The molecule has 2 N–H and O–H groups in total. The summed E-state index contributed by atoms with van der Waals surface area (Å²) in [5.74, 6) is -0.781. The number of rotatable bonds is 9. The summed E-state index contributed by atoms with van der Waals surface area (Å²) in [5.41, 5.74) is 3.70. The number of methoxy groups -OCH3 is 1. The molecule has 0 fully saturated rings. The molecule has 0 radical (unpaired) electrons. The fourth-order valence-corrected chi connectivity index (χ4v) is 5.04. The average Bonchev–Trinajstić information content (AvgIpc) is 2.74. The molecule has 0 aliphatic heterocycles. The van der Waals surface area contributed by atoms with Gasteiger partial charge in [-0.3, -0.25) is 9.59 Å². The molecular weight excluding hydrogens is 430 g/mol. The van der Waals surface area contributed by atoms with Crippen molar-refractivity contribution in [2.24, 2.45) is 0 Å². The van der Waals surface area contributed by atoms with Gasteiger partial charge in [0.25, 0.3) is 5.91 Å². The van der Waals surface area contributed by atoms with Crippen molar-refractivity contribution in [1.29, 1.82) is 0 Å². The Kier molecular flexibility index (Phi) is 8.40. The third-order valence-electron chi connectivity index (χ3n) is 5.11. The van der Waals surface area contributed by atoms with Crippen LogP contribution in [0.5, 0.6) is 5.75 Å². The summed E-state index contributed by atoms with van der Waals surface area (Å²) < 4.78 is 32.2. The van der Waals surface area contributed by atoms with Gasteiger partial charge in [-0.2, -0.15) is 4.31 Å². The summed E-state index contributed by atoms with van der Waals surface area (Å²) in [5, 5.41) is 5.36. The fourth-order valence-electron chi connectivity index (χ4n) is 3.55. The predicted molar refractivity (Wildman–Crippen MR) is 125 cm³/mol. The van der Waals surface area contributed by atoms with Gasteiger partial charge in [0.1, 0.15) is 5.75 Å². The van der Waals surface area contributed by atoms with Gasteiger partial charge in [0, 0.05) is 18.8 Å². The number of anilines is 1. The Hall–Kier alpha value is -2.91. The number of amides is 2. The second kappa shape index (κ2) is 10.6. The zero-order valence-corrected chi connectivity index (χ0v) is 20.2. The molecule has 8 nitrogen and oxygen atoms in total. The van der Waals surface area contributed by atoms with Gasteiger partial charge >= 0.3 is 0 Å². The van der Waals surface area contributed by atoms with Crippen molar-refractivity contribution in [2.45, 2.75) is 39.5 Å². The smallest absolute Gasteiger partial charge is 0.255 e. The topological polar surface area (TPSA) is 105 Å². The first-order chi connectivity index (χ1) is 15.0. The molecular formula is C23H31N3O5S. The van der Waals surface area contributed by atoms with Crippen molar-refractivity contribution >= 4 is 27.5 Å². The Bertz CT molecular complexity index is 1090. The number of carbonyl (C=O) groups excluding carboxylic acids is 2. The Morgan fingerprint density at radius 1 is 1.00 bits per heavy atom. The van der Waals surface area contributed by atoms with Gasteiger partial charge in [-0.1, -0.05) is 31.5 Å². The Labute approximate surface area is 190 Å². The number of nitrogens with one attached hydrogen (secondary N) is 2. The fraction of sp³-hybridized carbons (Fsp3) is 0.391. The molecule has 2 amide bonds. The lowest BCUT2D eigenvalue weighted by molar-refractivity contribution is -0.115. The van der Waals surface area contributed by atoms with E-state index in [0.717, 1.165) is 16.7 Å². The predicted octanol–water partition coefficient (Wildman–Crippen LogP) is 3.02. The molecule has 0 aliphatic rings. The normalized spacial score (nSPS) is 11.3. The van der Waals surface area contributed by atoms with Gasteiger partial charge in [0.2, 0.25) is 15.9 Å². The van der Waals surface area contributed by atoms with E-state index in [4.69, 9.17) is 4.74 Å². The minimum absolute atomic E-state index is 0.0116. The van der Waals surface area contributed by atoms with Crippen LogP contribution in [0.15, 0.2) is 35.2 Å². The van der Waals surface area contributed by atoms with E-state index in [1.54, 1.807) is 13.8 Å². The molecule has 0 saturated carbocycles. The average molecular weight is 462 g/mol. The molecule has 0 bridgehead atoms. The van der Waals surface area contributed by atoms with Crippen LogP contribution in [0.3, 0.4) is 0 Å². The van der Waals surface area contributed by atoms with E-state index in [-0.39, 0.29) is 28.7 Å². The molecule has 0 saturated heterocycles. The van der Waals surface area contributed by atoms with Crippen molar-refractivity contribution in [3.05, 3.63) is 52.6 Å². The van der Waals surface area contributed by atoms with Gasteiger partial charge in [0.05, 0.1) is 24.1 Å². The number of benzene rings is 2. The molecule has 0 unspecified atom stereocenters. The third-order valence-corrected chi connectivity index (χ3v) is 7.16.